The molecule has 0 aliphatic carbocycles. The zero-order valence-electron chi connectivity index (χ0n) is 15.6. The summed E-state index contributed by atoms with van der Waals surface area (Å²) in [5.41, 5.74) is 2.71. The van der Waals surface area contributed by atoms with Crippen LogP contribution in [-0.2, 0) is 22.5 Å². The molecule has 0 amide bonds. The summed E-state index contributed by atoms with van der Waals surface area (Å²) in [4.78, 5) is 10.2. The van der Waals surface area contributed by atoms with Crippen LogP contribution in [0.1, 0.15) is 41.7 Å². The molecule has 0 aliphatic rings. The molecule has 0 bridgehead atoms. The van der Waals surface area contributed by atoms with Crippen molar-refractivity contribution < 1.29 is 22.8 Å². The van der Waals surface area contributed by atoms with E-state index in [4.69, 9.17) is 9.68 Å². The second-order valence-corrected chi connectivity index (χ2v) is 5.95. The summed E-state index contributed by atoms with van der Waals surface area (Å²) in [7, 11) is 1.46. The minimum atomic E-state index is -4.45. The van der Waals surface area contributed by atoms with Crippen molar-refractivity contribution in [3.8, 4) is 0 Å². The molecule has 0 aliphatic heterocycles. The SMILES string of the molecule is CO/N=C(/C)c1cccc(C)c1CO/N=C(\C)c1ccccc1C(F)(F)F. The van der Waals surface area contributed by atoms with Gasteiger partial charge in [-0.25, -0.2) is 0 Å². The van der Waals surface area contributed by atoms with Gasteiger partial charge in [0.15, 0.2) is 0 Å². The average molecular weight is 378 g/mol. The fraction of sp³-hybridized carbons (Fsp3) is 0.300. The summed E-state index contributed by atoms with van der Waals surface area (Å²) >= 11 is 0. The Kier molecular flexibility index (Phi) is 6.60. The van der Waals surface area contributed by atoms with Crippen LogP contribution in [-0.4, -0.2) is 18.5 Å². The number of hydrogen-bond acceptors (Lipinski definition) is 4. The molecule has 144 valence electrons. The second-order valence-electron chi connectivity index (χ2n) is 5.95. The third-order valence-electron chi connectivity index (χ3n) is 4.06. The molecule has 2 aromatic rings. The second kappa shape index (κ2) is 8.70. The number of nitrogens with zero attached hydrogens (tertiary/aromatic N) is 2. The summed E-state index contributed by atoms with van der Waals surface area (Å²) in [6.07, 6.45) is -4.45. The van der Waals surface area contributed by atoms with Crippen LogP contribution in [0.2, 0.25) is 0 Å². The summed E-state index contributed by atoms with van der Waals surface area (Å²) in [6.45, 7) is 5.30. The van der Waals surface area contributed by atoms with Gasteiger partial charge in [0.05, 0.1) is 17.0 Å². The zero-order chi connectivity index (χ0) is 20.0. The minimum absolute atomic E-state index is 0.00728. The number of oxime groups is 2. The molecule has 0 saturated carbocycles. The van der Waals surface area contributed by atoms with Crippen LogP contribution in [0.5, 0.6) is 0 Å². The lowest BCUT2D eigenvalue weighted by atomic mass is 10.00. The number of aryl methyl sites for hydroxylation is 1. The third kappa shape index (κ3) is 5.09. The van der Waals surface area contributed by atoms with Gasteiger partial charge in [0.25, 0.3) is 0 Å². The highest BCUT2D eigenvalue weighted by Crippen LogP contribution is 2.32. The van der Waals surface area contributed by atoms with E-state index < -0.39 is 11.7 Å². The molecule has 0 saturated heterocycles. The van der Waals surface area contributed by atoms with Crippen molar-refractivity contribution in [1.82, 2.24) is 0 Å². The molecule has 0 N–H and O–H groups in total. The van der Waals surface area contributed by atoms with Gasteiger partial charge >= 0.3 is 6.18 Å². The molecule has 0 atom stereocenters. The van der Waals surface area contributed by atoms with Gasteiger partial charge in [-0.2, -0.15) is 13.2 Å². The van der Waals surface area contributed by atoms with E-state index in [1.54, 1.807) is 6.92 Å². The topological polar surface area (TPSA) is 43.2 Å². The van der Waals surface area contributed by atoms with Crippen LogP contribution in [0.3, 0.4) is 0 Å². The molecule has 0 heterocycles. The predicted octanol–water partition coefficient (Wildman–Crippen LogP) is 5.33. The quantitative estimate of drug-likeness (QED) is 0.504. The first-order valence-corrected chi connectivity index (χ1v) is 8.25. The minimum Gasteiger partial charge on any atom is -0.399 e. The van der Waals surface area contributed by atoms with Crippen molar-refractivity contribution in [2.24, 2.45) is 10.3 Å². The smallest absolute Gasteiger partial charge is 0.399 e. The van der Waals surface area contributed by atoms with Crippen LogP contribution < -0.4 is 0 Å². The van der Waals surface area contributed by atoms with Crippen LogP contribution in [0.25, 0.3) is 0 Å². The van der Waals surface area contributed by atoms with Crippen LogP contribution in [0.15, 0.2) is 52.8 Å². The number of rotatable bonds is 6. The highest BCUT2D eigenvalue weighted by atomic mass is 19.4. The van der Waals surface area contributed by atoms with Gasteiger partial charge in [-0.3, -0.25) is 0 Å². The standard InChI is InChI=1S/C20H21F3N2O2/c1-13-8-7-10-16(14(2)24-26-4)18(13)12-27-25-15(3)17-9-5-6-11-19(17)20(21,22)23/h5-11H,12H2,1-4H3/b24-14-,25-15+. The van der Waals surface area contributed by atoms with Crippen LogP contribution in [0.4, 0.5) is 13.2 Å². The van der Waals surface area contributed by atoms with Gasteiger partial charge in [0.2, 0.25) is 0 Å². The Hall–Kier alpha value is -2.83. The third-order valence-corrected chi connectivity index (χ3v) is 4.06. The van der Waals surface area contributed by atoms with E-state index in [0.717, 1.165) is 22.8 Å². The Morgan fingerprint density at radius 3 is 2.22 bits per heavy atom. The largest absolute Gasteiger partial charge is 0.417 e. The Labute approximate surface area is 156 Å². The van der Waals surface area contributed by atoms with Crippen molar-refractivity contribution in [3.63, 3.8) is 0 Å². The lowest BCUT2D eigenvalue weighted by molar-refractivity contribution is -0.137. The Bertz CT molecular complexity index is 859. The molecule has 0 unspecified atom stereocenters. The molecule has 27 heavy (non-hydrogen) atoms. The summed E-state index contributed by atoms with van der Waals surface area (Å²) in [5.74, 6) is 0. The van der Waals surface area contributed by atoms with Crippen molar-refractivity contribution >= 4 is 11.4 Å². The van der Waals surface area contributed by atoms with E-state index in [9.17, 15) is 13.2 Å². The van der Waals surface area contributed by atoms with E-state index in [2.05, 4.69) is 10.3 Å². The molecule has 7 heteroatoms. The van der Waals surface area contributed by atoms with Gasteiger partial charge < -0.3 is 9.68 Å². The highest BCUT2D eigenvalue weighted by Gasteiger charge is 2.33. The molecule has 4 nitrogen and oxygen atoms in total. The summed E-state index contributed by atoms with van der Waals surface area (Å²) < 4.78 is 39.4. The van der Waals surface area contributed by atoms with Crippen molar-refractivity contribution in [3.05, 3.63) is 70.3 Å². The number of hydrogen-bond donors (Lipinski definition) is 0. The Morgan fingerprint density at radius 1 is 0.926 bits per heavy atom. The van der Waals surface area contributed by atoms with Crippen molar-refractivity contribution in [2.45, 2.75) is 33.6 Å². The van der Waals surface area contributed by atoms with E-state index >= 15 is 0 Å². The molecule has 0 radical (unpaired) electrons. The fourth-order valence-electron chi connectivity index (χ4n) is 2.71. The number of halogens is 3. The lowest BCUT2D eigenvalue weighted by Gasteiger charge is -2.13. The van der Waals surface area contributed by atoms with Crippen molar-refractivity contribution in [1.29, 1.82) is 0 Å². The molecule has 0 fully saturated rings. The first kappa shape index (κ1) is 20.5. The number of alkyl halides is 3. The van der Waals surface area contributed by atoms with Gasteiger partial charge in [-0.15, -0.1) is 0 Å². The molecular formula is C20H21F3N2O2. The molecule has 0 spiro atoms. The maximum Gasteiger partial charge on any atom is 0.417 e. The van der Waals surface area contributed by atoms with E-state index in [1.165, 1.54) is 32.2 Å². The highest BCUT2D eigenvalue weighted by molar-refractivity contribution is 6.00. The maximum atomic E-state index is 13.1. The lowest BCUT2D eigenvalue weighted by Crippen LogP contribution is -2.12. The molecular weight excluding hydrogens is 357 g/mol. The summed E-state index contributed by atoms with van der Waals surface area (Å²) in [5, 5.41) is 7.82. The summed E-state index contributed by atoms with van der Waals surface area (Å²) in [6, 6.07) is 11.0. The Morgan fingerprint density at radius 2 is 1.56 bits per heavy atom. The predicted molar refractivity (Wildman–Crippen MR) is 98.8 cm³/mol. The van der Waals surface area contributed by atoms with Gasteiger partial charge in [-0.05, 0) is 32.4 Å². The average Bonchev–Trinajstić information content (AvgIpc) is 2.62. The van der Waals surface area contributed by atoms with E-state index in [0.29, 0.717) is 5.71 Å². The fourth-order valence-corrected chi connectivity index (χ4v) is 2.71. The Balaban J connectivity index is 2.26. The normalized spacial score (nSPS) is 12.9. The van der Waals surface area contributed by atoms with Crippen LogP contribution in [0, 0.1) is 6.92 Å². The molecule has 2 rings (SSSR count). The molecule has 0 aromatic heterocycles. The number of benzene rings is 2. The van der Waals surface area contributed by atoms with Gasteiger partial charge in [0, 0.05) is 16.7 Å². The first-order valence-electron chi connectivity index (χ1n) is 8.25. The first-order chi connectivity index (χ1) is 12.8. The molecule has 2 aromatic carbocycles. The van der Waals surface area contributed by atoms with E-state index in [-0.39, 0.29) is 17.9 Å². The zero-order valence-corrected chi connectivity index (χ0v) is 15.6. The van der Waals surface area contributed by atoms with Gasteiger partial charge in [-0.1, -0.05) is 46.7 Å². The van der Waals surface area contributed by atoms with Crippen molar-refractivity contribution in [2.75, 3.05) is 7.11 Å². The monoisotopic (exact) mass is 378 g/mol. The maximum absolute atomic E-state index is 13.1. The van der Waals surface area contributed by atoms with Crippen LogP contribution >= 0.6 is 0 Å². The van der Waals surface area contributed by atoms with E-state index in [1.807, 2.05) is 25.1 Å². The van der Waals surface area contributed by atoms with Gasteiger partial charge in [0.1, 0.15) is 13.7 Å².